The molecule has 0 radical (unpaired) electrons. The van der Waals surface area contributed by atoms with Gasteiger partial charge in [0, 0.05) is 0 Å². The van der Waals surface area contributed by atoms with Gasteiger partial charge in [0.2, 0.25) is 0 Å². The van der Waals surface area contributed by atoms with Crippen molar-refractivity contribution in [2.75, 3.05) is 56.4 Å². The SMILES string of the molecule is C[N+](C)(C)C.C[N+](C)(C)C.[I-].[I-]. The molecule has 0 aliphatic heterocycles. The monoisotopic (exact) mass is 402 g/mol. The third-order valence-electron chi connectivity index (χ3n) is 0. The lowest BCUT2D eigenvalue weighted by Crippen LogP contribution is -3.00. The molecule has 0 aromatic rings. The van der Waals surface area contributed by atoms with Gasteiger partial charge in [-0.25, -0.2) is 0 Å². The summed E-state index contributed by atoms with van der Waals surface area (Å²) in [7, 11) is 17.0. The van der Waals surface area contributed by atoms with E-state index >= 15 is 0 Å². The van der Waals surface area contributed by atoms with Crippen LogP contribution in [0, 0.1) is 0 Å². The van der Waals surface area contributed by atoms with Gasteiger partial charge >= 0.3 is 0 Å². The Morgan fingerprint density at radius 1 is 0.417 bits per heavy atom. The average molecular weight is 402 g/mol. The Labute approximate surface area is 113 Å². The maximum Gasteiger partial charge on any atom is 0.0675 e. The van der Waals surface area contributed by atoms with E-state index in [0.29, 0.717) is 0 Å². The van der Waals surface area contributed by atoms with Crippen molar-refractivity contribution in [3.8, 4) is 0 Å². The van der Waals surface area contributed by atoms with Gasteiger partial charge in [-0.1, -0.05) is 0 Å². The van der Waals surface area contributed by atoms with Crippen LogP contribution in [0.2, 0.25) is 0 Å². The smallest absolute Gasteiger partial charge is 0.0675 e. The van der Waals surface area contributed by atoms with Crippen LogP contribution in [0.25, 0.3) is 0 Å². The molecule has 0 rings (SSSR count). The van der Waals surface area contributed by atoms with Crippen LogP contribution < -0.4 is 48.0 Å². The van der Waals surface area contributed by atoms with E-state index in [-0.39, 0.29) is 48.0 Å². The van der Waals surface area contributed by atoms with Crippen molar-refractivity contribution < 1.29 is 56.9 Å². The van der Waals surface area contributed by atoms with E-state index in [1.54, 1.807) is 0 Å². The molecular weight excluding hydrogens is 378 g/mol. The predicted octanol–water partition coefficient (Wildman–Crippen LogP) is -5.35. The van der Waals surface area contributed by atoms with Crippen molar-refractivity contribution in [2.45, 2.75) is 0 Å². The van der Waals surface area contributed by atoms with Gasteiger partial charge in [0.1, 0.15) is 0 Å². The fraction of sp³-hybridized carbons (Fsp3) is 1.00. The average Bonchev–Trinajstić information content (AvgIpc) is 1.12. The van der Waals surface area contributed by atoms with Crippen molar-refractivity contribution in [1.82, 2.24) is 0 Å². The summed E-state index contributed by atoms with van der Waals surface area (Å²) >= 11 is 0. The number of rotatable bonds is 0. The highest BCUT2D eigenvalue weighted by atomic mass is 127. The van der Waals surface area contributed by atoms with E-state index in [1.165, 1.54) is 0 Å². The van der Waals surface area contributed by atoms with Crippen LogP contribution in [0.1, 0.15) is 0 Å². The lowest BCUT2D eigenvalue weighted by atomic mass is 10.8. The predicted molar refractivity (Wildman–Crippen MR) is 47.9 cm³/mol. The van der Waals surface area contributed by atoms with E-state index in [9.17, 15) is 0 Å². The number of hydrogen-bond acceptors (Lipinski definition) is 0. The first-order valence-electron chi connectivity index (χ1n) is 3.58. The Balaban J connectivity index is -0.0000000457. The summed E-state index contributed by atoms with van der Waals surface area (Å²) in [6.45, 7) is 0. The molecule has 2 nitrogen and oxygen atoms in total. The zero-order valence-corrected chi connectivity index (χ0v) is 14.0. The van der Waals surface area contributed by atoms with Gasteiger partial charge in [-0.3, -0.25) is 0 Å². The molecule has 0 bridgehead atoms. The molecule has 80 valence electrons. The van der Waals surface area contributed by atoms with Crippen LogP contribution in [0.3, 0.4) is 0 Å². The van der Waals surface area contributed by atoms with E-state index < -0.39 is 0 Å². The standard InChI is InChI=1S/2C4H12N.2HI/c2*1-5(2,3)4;;/h2*1-4H3;2*1H/q2*+1;;/p-2. The van der Waals surface area contributed by atoms with Crippen molar-refractivity contribution in [2.24, 2.45) is 0 Å². The van der Waals surface area contributed by atoms with Gasteiger partial charge in [-0.05, 0) is 0 Å². The first-order chi connectivity index (χ1) is 4.00. The van der Waals surface area contributed by atoms with Crippen LogP contribution >= 0.6 is 0 Å². The molecule has 0 aromatic carbocycles. The Bertz CT molecular complexity index is 58.0. The van der Waals surface area contributed by atoms with Crippen molar-refractivity contribution in [3.63, 3.8) is 0 Å². The van der Waals surface area contributed by atoms with E-state index in [0.717, 1.165) is 8.97 Å². The molecule has 0 amide bonds. The molecule has 0 spiro atoms. The Hall–Kier alpha value is 1.38. The normalized spacial score (nSPS) is 10.0. The largest absolute Gasteiger partial charge is 1.00 e. The fourth-order valence-electron chi connectivity index (χ4n) is 0. The van der Waals surface area contributed by atoms with Crippen molar-refractivity contribution in [1.29, 1.82) is 0 Å². The van der Waals surface area contributed by atoms with Crippen LogP contribution in [-0.2, 0) is 0 Å². The zero-order valence-electron chi connectivity index (χ0n) is 9.65. The van der Waals surface area contributed by atoms with E-state index in [1.807, 2.05) is 0 Å². The Kier molecular flexibility index (Phi) is 17.4. The van der Waals surface area contributed by atoms with Crippen LogP contribution in [0.15, 0.2) is 0 Å². The zero-order chi connectivity index (χ0) is 9.00. The maximum atomic E-state index is 2.12. The minimum atomic E-state index is 0. The fourth-order valence-corrected chi connectivity index (χ4v) is 0. The van der Waals surface area contributed by atoms with Gasteiger partial charge in [-0.15, -0.1) is 0 Å². The van der Waals surface area contributed by atoms with Gasteiger partial charge in [0.15, 0.2) is 0 Å². The third kappa shape index (κ3) is 644. The molecule has 0 saturated heterocycles. The summed E-state index contributed by atoms with van der Waals surface area (Å²) in [4.78, 5) is 0. The summed E-state index contributed by atoms with van der Waals surface area (Å²) < 4.78 is 2.00. The molecule has 0 aliphatic carbocycles. The van der Waals surface area contributed by atoms with Gasteiger partial charge in [-0.2, -0.15) is 0 Å². The molecule has 0 N–H and O–H groups in total. The molecule has 0 aromatic heterocycles. The number of hydrogen-bond donors (Lipinski definition) is 0. The summed E-state index contributed by atoms with van der Waals surface area (Å²) in [5, 5.41) is 0. The number of halogens is 2. The van der Waals surface area contributed by atoms with Crippen molar-refractivity contribution >= 4 is 0 Å². The molecule has 0 atom stereocenters. The first kappa shape index (κ1) is 23.3. The van der Waals surface area contributed by atoms with Crippen LogP contribution in [0.5, 0.6) is 0 Å². The quantitative estimate of drug-likeness (QED) is 0.281. The lowest BCUT2D eigenvalue weighted by molar-refractivity contribution is -0.849. The summed E-state index contributed by atoms with van der Waals surface area (Å²) in [6.07, 6.45) is 0. The molecule has 0 heterocycles. The minimum absolute atomic E-state index is 0. The number of nitrogens with zero attached hydrogens (tertiary/aromatic N) is 2. The van der Waals surface area contributed by atoms with Gasteiger partial charge in [0.05, 0.1) is 56.4 Å². The second-order valence-corrected chi connectivity index (χ2v) is 5.37. The Morgan fingerprint density at radius 3 is 0.417 bits per heavy atom. The van der Waals surface area contributed by atoms with E-state index in [4.69, 9.17) is 0 Å². The second-order valence-electron chi connectivity index (χ2n) is 5.37. The molecule has 12 heavy (non-hydrogen) atoms. The molecule has 0 aliphatic rings. The highest BCUT2D eigenvalue weighted by Crippen LogP contribution is 1.74. The molecule has 4 heteroatoms. The highest BCUT2D eigenvalue weighted by Gasteiger charge is 1.88. The first-order valence-corrected chi connectivity index (χ1v) is 3.58. The van der Waals surface area contributed by atoms with Crippen molar-refractivity contribution in [3.05, 3.63) is 0 Å². The second kappa shape index (κ2) is 8.96. The number of quaternary nitrogens is 2. The van der Waals surface area contributed by atoms with Gasteiger partial charge in [0.25, 0.3) is 0 Å². The molecular formula is C8H24I2N2. The summed E-state index contributed by atoms with van der Waals surface area (Å²) in [5.74, 6) is 0. The summed E-state index contributed by atoms with van der Waals surface area (Å²) in [6, 6.07) is 0. The minimum Gasteiger partial charge on any atom is -1.00 e. The maximum absolute atomic E-state index is 2.12. The lowest BCUT2D eigenvalue weighted by Gasteiger charge is -2.14. The Morgan fingerprint density at radius 2 is 0.417 bits per heavy atom. The molecule has 0 saturated carbocycles. The molecule has 0 fully saturated rings. The topological polar surface area (TPSA) is 0 Å². The van der Waals surface area contributed by atoms with Gasteiger partial charge < -0.3 is 56.9 Å². The van der Waals surface area contributed by atoms with Crippen LogP contribution in [0.4, 0.5) is 0 Å². The highest BCUT2D eigenvalue weighted by molar-refractivity contribution is 3.87. The summed E-state index contributed by atoms with van der Waals surface area (Å²) in [5.41, 5.74) is 0. The third-order valence-corrected chi connectivity index (χ3v) is 0. The molecule has 0 unspecified atom stereocenters. The van der Waals surface area contributed by atoms with Crippen LogP contribution in [-0.4, -0.2) is 65.3 Å². The van der Waals surface area contributed by atoms with E-state index in [2.05, 4.69) is 56.4 Å².